The summed E-state index contributed by atoms with van der Waals surface area (Å²) >= 11 is 0. The van der Waals surface area contributed by atoms with Gasteiger partial charge in [-0.05, 0) is 24.6 Å². The van der Waals surface area contributed by atoms with Gasteiger partial charge in [0.2, 0.25) is 0 Å². The van der Waals surface area contributed by atoms with Gasteiger partial charge >= 0.3 is 0 Å². The molecule has 0 bridgehead atoms. The lowest BCUT2D eigenvalue weighted by molar-refractivity contribution is 0.411. The Hall–Kier alpha value is -0.890. The second-order valence-electron chi connectivity index (χ2n) is 2.58. The molecule has 2 nitrogen and oxygen atoms in total. The minimum atomic E-state index is 0.292. The number of ether oxygens (including phenoxy) is 1. The van der Waals surface area contributed by atoms with Crippen LogP contribution in [0.3, 0.4) is 0 Å². The summed E-state index contributed by atoms with van der Waals surface area (Å²) in [5.74, 6) is 0. The highest BCUT2D eigenvalue weighted by Gasteiger charge is 2.25. The predicted octanol–water partition coefficient (Wildman–Crippen LogP) is 1.46. The van der Waals surface area contributed by atoms with Crippen molar-refractivity contribution >= 4 is 0 Å². The van der Waals surface area contributed by atoms with E-state index in [1.54, 1.807) is 0 Å². The zero-order chi connectivity index (χ0) is 6.97. The number of hydrogen-bond acceptors (Lipinski definition) is 2. The van der Waals surface area contributed by atoms with Crippen LogP contribution in [0.15, 0.2) is 18.3 Å². The lowest BCUT2D eigenvalue weighted by Gasteiger charge is -1.94. The van der Waals surface area contributed by atoms with E-state index >= 15 is 0 Å². The molecule has 1 fully saturated rings. The number of epoxide rings is 1. The number of aromatic nitrogens is 1. The Kier molecular flexibility index (Phi) is 1.21. The van der Waals surface area contributed by atoms with Crippen molar-refractivity contribution in [2.24, 2.45) is 0 Å². The standard InChI is InChI=1S/C8H9NO/c1-6-2-3-9-7(4-6)8-5-10-8/h2-4,8H,5H2,1H3. The van der Waals surface area contributed by atoms with E-state index in [9.17, 15) is 0 Å². The molecule has 1 saturated heterocycles. The lowest BCUT2D eigenvalue weighted by atomic mass is 10.2. The first kappa shape index (κ1) is 5.86. The van der Waals surface area contributed by atoms with Gasteiger partial charge in [0.1, 0.15) is 6.10 Å². The molecule has 10 heavy (non-hydrogen) atoms. The first-order chi connectivity index (χ1) is 4.86. The SMILES string of the molecule is Cc1ccnc(C2CO2)c1. The Morgan fingerprint density at radius 1 is 1.70 bits per heavy atom. The molecule has 2 rings (SSSR count). The molecule has 52 valence electrons. The van der Waals surface area contributed by atoms with Crippen molar-refractivity contribution in [2.45, 2.75) is 13.0 Å². The van der Waals surface area contributed by atoms with E-state index in [0.29, 0.717) is 6.10 Å². The third kappa shape index (κ3) is 1.02. The Morgan fingerprint density at radius 2 is 2.50 bits per heavy atom. The van der Waals surface area contributed by atoms with Gasteiger partial charge in [-0.25, -0.2) is 0 Å². The minimum Gasteiger partial charge on any atom is -0.366 e. The number of pyridine rings is 1. The molecule has 0 aliphatic carbocycles. The van der Waals surface area contributed by atoms with Crippen LogP contribution in [0.2, 0.25) is 0 Å². The van der Waals surface area contributed by atoms with E-state index < -0.39 is 0 Å². The first-order valence-corrected chi connectivity index (χ1v) is 3.40. The molecule has 0 saturated carbocycles. The maximum atomic E-state index is 5.09. The van der Waals surface area contributed by atoms with Crippen LogP contribution in [0.25, 0.3) is 0 Å². The molecular formula is C8H9NO. The summed E-state index contributed by atoms with van der Waals surface area (Å²) < 4.78 is 5.09. The summed E-state index contributed by atoms with van der Waals surface area (Å²) in [6, 6.07) is 4.06. The molecule has 1 aromatic heterocycles. The Labute approximate surface area is 59.9 Å². The van der Waals surface area contributed by atoms with E-state index in [1.165, 1.54) is 5.56 Å². The number of hydrogen-bond donors (Lipinski definition) is 0. The second-order valence-corrected chi connectivity index (χ2v) is 2.58. The average molecular weight is 135 g/mol. The van der Waals surface area contributed by atoms with E-state index in [0.717, 1.165) is 12.3 Å². The van der Waals surface area contributed by atoms with Crippen molar-refractivity contribution in [1.29, 1.82) is 0 Å². The highest BCUT2D eigenvalue weighted by atomic mass is 16.6. The zero-order valence-electron chi connectivity index (χ0n) is 5.87. The summed E-state index contributed by atoms with van der Waals surface area (Å²) in [6.45, 7) is 2.91. The molecular weight excluding hydrogens is 126 g/mol. The molecule has 0 amide bonds. The largest absolute Gasteiger partial charge is 0.366 e. The van der Waals surface area contributed by atoms with Crippen LogP contribution in [-0.2, 0) is 4.74 Å². The summed E-state index contributed by atoms with van der Waals surface area (Å²) in [5.41, 5.74) is 2.32. The van der Waals surface area contributed by atoms with Crippen molar-refractivity contribution in [3.63, 3.8) is 0 Å². The average Bonchev–Trinajstić information content (AvgIpc) is 2.68. The fraction of sp³-hybridized carbons (Fsp3) is 0.375. The van der Waals surface area contributed by atoms with Gasteiger partial charge in [0.15, 0.2) is 0 Å². The molecule has 2 heterocycles. The minimum absolute atomic E-state index is 0.292. The smallest absolute Gasteiger partial charge is 0.123 e. The van der Waals surface area contributed by atoms with Gasteiger partial charge in [0, 0.05) is 6.20 Å². The van der Waals surface area contributed by atoms with Crippen LogP contribution in [0.5, 0.6) is 0 Å². The molecule has 0 aromatic carbocycles. The molecule has 1 aliphatic rings. The van der Waals surface area contributed by atoms with Crippen LogP contribution in [-0.4, -0.2) is 11.6 Å². The third-order valence-electron chi connectivity index (χ3n) is 1.60. The van der Waals surface area contributed by atoms with Gasteiger partial charge in [-0.2, -0.15) is 0 Å². The quantitative estimate of drug-likeness (QED) is 0.545. The van der Waals surface area contributed by atoms with Crippen LogP contribution in [0.1, 0.15) is 17.4 Å². The van der Waals surface area contributed by atoms with Crippen LogP contribution in [0.4, 0.5) is 0 Å². The van der Waals surface area contributed by atoms with E-state index in [2.05, 4.69) is 18.0 Å². The van der Waals surface area contributed by atoms with E-state index in [-0.39, 0.29) is 0 Å². The van der Waals surface area contributed by atoms with Crippen molar-refractivity contribution in [3.05, 3.63) is 29.6 Å². The van der Waals surface area contributed by atoms with Gasteiger partial charge in [0.25, 0.3) is 0 Å². The molecule has 2 heteroatoms. The molecule has 1 aromatic rings. The Bertz CT molecular complexity index is 243. The topological polar surface area (TPSA) is 25.4 Å². The normalized spacial score (nSPS) is 22.7. The number of aryl methyl sites for hydroxylation is 1. The van der Waals surface area contributed by atoms with Crippen LogP contribution >= 0.6 is 0 Å². The molecule has 0 N–H and O–H groups in total. The fourth-order valence-corrected chi connectivity index (χ4v) is 0.954. The number of nitrogens with zero attached hydrogens (tertiary/aromatic N) is 1. The molecule has 1 unspecified atom stereocenters. The van der Waals surface area contributed by atoms with Crippen molar-refractivity contribution in [2.75, 3.05) is 6.61 Å². The van der Waals surface area contributed by atoms with E-state index in [4.69, 9.17) is 4.74 Å². The highest BCUT2D eigenvalue weighted by Crippen LogP contribution is 2.27. The fourth-order valence-electron chi connectivity index (χ4n) is 0.954. The van der Waals surface area contributed by atoms with Crippen molar-refractivity contribution < 1.29 is 4.74 Å². The predicted molar refractivity (Wildman–Crippen MR) is 37.7 cm³/mol. The third-order valence-corrected chi connectivity index (χ3v) is 1.60. The van der Waals surface area contributed by atoms with Crippen LogP contribution < -0.4 is 0 Å². The summed E-state index contributed by atoms with van der Waals surface area (Å²) in [6.07, 6.45) is 2.12. The Balaban J connectivity index is 2.32. The summed E-state index contributed by atoms with van der Waals surface area (Å²) in [5, 5.41) is 0. The zero-order valence-corrected chi connectivity index (χ0v) is 5.87. The van der Waals surface area contributed by atoms with Gasteiger partial charge in [0.05, 0.1) is 12.3 Å². The van der Waals surface area contributed by atoms with Gasteiger partial charge in [-0.15, -0.1) is 0 Å². The second kappa shape index (κ2) is 2.06. The maximum absolute atomic E-state index is 5.09. The van der Waals surface area contributed by atoms with Crippen molar-refractivity contribution in [1.82, 2.24) is 4.98 Å². The van der Waals surface area contributed by atoms with E-state index in [1.807, 2.05) is 12.3 Å². The first-order valence-electron chi connectivity index (χ1n) is 3.40. The highest BCUT2D eigenvalue weighted by molar-refractivity contribution is 5.18. The molecule has 1 aliphatic heterocycles. The molecule has 1 atom stereocenters. The lowest BCUT2D eigenvalue weighted by Crippen LogP contribution is -1.86. The van der Waals surface area contributed by atoms with Gasteiger partial charge < -0.3 is 4.74 Å². The molecule has 0 radical (unpaired) electrons. The monoisotopic (exact) mass is 135 g/mol. The number of rotatable bonds is 1. The Morgan fingerprint density at radius 3 is 3.10 bits per heavy atom. The summed E-state index contributed by atoms with van der Waals surface area (Å²) in [7, 11) is 0. The van der Waals surface area contributed by atoms with Gasteiger partial charge in [-0.3, -0.25) is 4.98 Å². The van der Waals surface area contributed by atoms with Gasteiger partial charge in [-0.1, -0.05) is 0 Å². The maximum Gasteiger partial charge on any atom is 0.123 e. The van der Waals surface area contributed by atoms with Crippen molar-refractivity contribution in [3.8, 4) is 0 Å². The van der Waals surface area contributed by atoms with Crippen LogP contribution in [0, 0.1) is 6.92 Å². The summed E-state index contributed by atoms with van der Waals surface area (Å²) in [4.78, 5) is 4.18. The molecule has 0 spiro atoms.